The summed E-state index contributed by atoms with van der Waals surface area (Å²) >= 11 is 0. The fraction of sp³-hybridized carbons (Fsp3) is 0.0612. The zero-order chi connectivity index (χ0) is 32.7. The molecule has 0 heterocycles. The Kier molecular flexibility index (Phi) is 6.02. The minimum atomic E-state index is -0.0603. The number of fused-ring (bicyclic) bond motifs is 7. The van der Waals surface area contributed by atoms with Crippen LogP contribution in [0.4, 0.5) is 0 Å². The van der Waals surface area contributed by atoms with Gasteiger partial charge in [-0.15, -0.1) is 0 Å². The standard InChI is InChI=1S/C49H34/c1-49(2)44-21-11-20-38(48(44)43-29-35-14-5-6-15-36(35)30-45(43)49)32-23-25-33(26-24-32)46-39-16-7-9-18-41(39)47(42-19-10-8-17-40(42)46)37-27-22-31-12-3-4-13-34(31)28-37/h3-30H,1-2H3. The highest BCUT2D eigenvalue weighted by molar-refractivity contribution is 6.21. The third-order valence-corrected chi connectivity index (χ3v) is 11.0. The minimum absolute atomic E-state index is 0.0603. The van der Waals surface area contributed by atoms with Gasteiger partial charge in [-0.25, -0.2) is 0 Å². The molecule has 0 aliphatic heterocycles. The van der Waals surface area contributed by atoms with Gasteiger partial charge in [0.05, 0.1) is 0 Å². The highest BCUT2D eigenvalue weighted by Gasteiger charge is 2.37. The lowest BCUT2D eigenvalue weighted by Crippen LogP contribution is -2.14. The molecule has 0 saturated heterocycles. The Labute approximate surface area is 286 Å². The number of hydrogen-bond donors (Lipinski definition) is 0. The van der Waals surface area contributed by atoms with Gasteiger partial charge in [0.2, 0.25) is 0 Å². The summed E-state index contributed by atoms with van der Waals surface area (Å²) in [5.41, 5.74) is 13.1. The topological polar surface area (TPSA) is 0 Å². The molecule has 1 aliphatic carbocycles. The van der Waals surface area contributed by atoms with Crippen molar-refractivity contribution in [2.24, 2.45) is 0 Å². The molecule has 49 heavy (non-hydrogen) atoms. The van der Waals surface area contributed by atoms with Crippen LogP contribution in [0.2, 0.25) is 0 Å². The van der Waals surface area contributed by atoms with Gasteiger partial charge in [-0.1, -0.05) is 166 Å². The first-order valence-electron chi connectivity index (χ1n) is 17.3. The maximum Gasteiger partial charge on any atom is 0.0159 e. The Morgan fingerprint density at radius 3 is 1.43 bits per heavy atom. The summed E-state index contributed by atoms with van der Waals surface area (Å²) in [4.78, 5) is 0. The van der Waals surface area contributed by atoms with Crippen molar-refractivity contribution in [3.63, 3.8) is 0 Å². The summed E-state index contributed by atoms with van der Waals surface area (Å²) in [6.07, 6.45) is 0. The van der Waals surface area contributed by atoms with Crippen molar-refractivity contribution in [2.75, 3.05) is 0 Å². The van der Waals surface area contributed by atoms with Gasteiger partial charge in [-0.3, -0.25) is 0 Å². The van der Waals surface area contributed by atoms with Gasteiger partial charge in [-0.05, 0) is 117 Å². The van der Waals surface area contributed by atoms with E-state index in [1.807, 2.05) is 0 Å². The van der Waals surface area contributed by atoms with Gasteiger partial charge in [0.25, 0.3) is 0 Å². The van der Waals surface area contributed by atoms with Gasteiger partial charge in [0, 0.05) is 5.41 Å². The van der Waals surface area contributed by atoms with Crippen molar-refractivity contribution in [2.45, 2.75) is 19.3 Å². The molecule has 0 bridgehead atoms. The van der Waals surface area contributed by atoms with E-state index in [0.717, 1.165) is 0 Å². The maximum absolute atomic E-state index is 2.41. The fourth-order valence-electron chi connectivity index (χ4n) is 8.62. The van der Waals surface area contributed by atoms with Crippen molar-refractivity contribution in [1.82, 2.24) is 0 Å². The van der Waals surface area contributed by atoms with Crippen molar-refractivity contribution in [3.8, 4) is 44.5 Å². The van der Waals surface area contributed by atoms with E-state index in [1.54, 1.807) is 0 Å². The molecule has 0 atom stereocenters. The van der Waals surface area contributed by atoms with Crippen LogP contribution in [-0.4, -0.2) is 0 Å². The first-order chi connectivity index (χ1) is 24.1. The molecule has 0 aromatic heterocycles. The Balaban J connectivity index is 1.15. The molecule has 0 spiro atoms. The molecule has 9 aromatic rings. The zero-order valence-electron chi connectivity index (χ0n) is 27.7. The lowest BCUT2D eigenvalue weighted by molar-refractivity contribution is 0.661. The molecule has 0 heteroatoms. The number of benzene rings is 9. The Morgan fingerprint density at radius 2 is 0.796 bits per heavy atom. The molecule has 0 N–H and O–H groups in total. The third kappa shape index (κ3) is 4.17. The minimum Gasteiger partial charge on any atom is -0.0616 e. The molecule has 0 radical (unpaired) electrons. The van der Waals surface area contributed by atoms with Crippen molar-refractivity contribution < 1.29 is 0 Å². The van der Waals surface area contributed by atoms with E-state index < -0.39 is 0 Å². The molecule has 230 valence electrons. The Bertz CT molecular complexity index is 2720. The van der Waals surface area contributed by atoms with Gasteiger partial charge >= 0.3 is 0 Å². The predicted octanol–water partition coefficient (Wildman–Crippen LogP) is 13.6. The lowest BCUT2D eigenvalue weighted by Gasteiger charge is -2.22. The molecule has 9 aromatic carbocycles. The van der Waals surface area contributed by atoms with Gasteiger partial charge < -0.3 is 0 Å². The van der Waals surface area contributed by atoms with E-state index in [4.69, 9.17) is 0 Å². The summed E-state index contributed by atoms with van der Waals surface area (Å²) in [5, 5.41) is 10.2. The third-order valence-electron chi connectivity index (χ3n) is 11.0. The molecule has 0 fully saturated rings. The summed E-state index contributed by atoms with van der Waals surface area (Å²) in [5.74, 6) is 0. The average molecular weight is 623 g/mol. The summed E-state index contributed by atoms with van der Waals surface area (Å²) in [6.45, 7) is 4.74. The number of rotatable bonds is 3. The molecule has 0 saturated carbocycles. The zero-order valence-corrected chi connectivity index (χ0v) is 27.7. The highest BCUT2D eigenvalue weighted by Crippen LogP contribution is 2.53. The van der Waals surface area contributed by atoms with Crippen LogP contribution >= 0.6 is 0 Å². The predicted molar refractivity (Wildman–Crippen MR) is 210 cm³/mol. The van der Waals surface area contributed by atoms with Gasteiger partial charge in [0.15, 0.2) is 0 Å². The van der Waals surface area contributed by atoms with Crippen LogP contribution in [0.15, 0.2) is 170 Å². The SMILES string of the molecule is CC1(C)c2cc3ccccc3cc2-c2c(-c3ccc(-c4c5ccccc5c(-c5ccc6ccccc6c5)c5ccccc45)cc3)cccc21. The smallest absolute Gasteiger partial charge is 0.0159 e. The summed E-state index contributed by atoms with van der Waals surface area (Å²) in [6, 6.07) is 63.2. The molecule has 1 aliphatic rings. The summed E-state index contributed by atoms with van der Waals surface area (Å²) < 4.78 is 0. The van der Waals surface area contributed by atoms with Crippen LogP contribution in [0.1, 0.15) is 25.0 Å². The second-order valence-electron chi connectivity index (χ2n) is 14.1. The van der Waals surface area contributed by atoms with Crippen LogP contribution in [0.25, 0.3) is 87.6 Å². The summed E-state index contributed by atoms with van der Waals surface area (Å²) in [7, 11) is 0. The van der Waals surface area contributed by atoms with Crippen molar-refractivity contribution in [1.29, 1.82) is 0 Å². The molecule has 0 amide bonds. The van der Waals surface area contributed by atoms with Crippen LogP contribution < -0.4 is 0 Å². The van der Waals surface area contributed by atoms with E-state index in [2.05, 4.69) is 184 Å². The Hall–Kier alpha value is -5.98. The second-order valence-corrected chi connectivity index (χ2v) is 14.1. The number of hydrogen-bond acceptors (Lipinski definition) is 0. The van der Waals surface area contributed by atoms with E-state index >= 15 is 0 Å². The van der Waals surface area contributed by atoms with Gasteiger partial charge in [0.1, 0.15) is 0 Å². The molecule has 0 nitrogen and oxygen atoms in total. The van der Waals surface area contributed by atoms with E-state index in [9.17, 15) is 0 Å². The normalized spacial score (nSPS) is 13.3. The van der Waals surface area contributed by atoms with Gasteiger partial charge in [-0.2, -0.15) is 0 Å². The maximum atomic E-state index is 2.41. The quantitative estimate of drug-likeness (QED) is 0.172. The molecule has 0 unspecified atom stereocenters. The Morgan fingerprint density at radius 1 is 0.306 bits per heavy atom. The van der Waals surface area contributed by atoms with Crippen LogP contribution in [0.3, 0.4) is 0 Å². The van der Waals surface area contributed by atoms with Crippen molar-refractivity contribution in [3.05, 3.63) is 181 Å². The molecule has 10 rings (SSSR count). The van der Waals surface area contributed by atoms with E-state index in [1.165, 1.54) is 98.7 Å². The van der Waals surface area contributed by atoms with E-state index in [-0.39, 0.29) is 5.41 Å². The monoisotopic (exact) mass is 622 g/mol. The second kappa shape index (κ2) is 10.5. The largest absolute Gasteiger partial charge is 0.0616 e. The van der Waals surface area contributed by atoms with Crippen LogP contribution in [-0.2, 0) is 5.41 Å². The first kappa shape index (κ1) is 28.1. The molecular weight excluding hydrogens is 589 g/mol. The first-order valence-corrected chi connectivity index (χ1v) is 17.3. The van der Waals surface area contributed by atoms with Crippen LogP contribution in [0.5, 0.6) is 0 Å². The highest BCUT2D eigenvalue weighted by atomic mass is 14.4. The lowest BCUT2D eigenvalue weighted by atomic mass is 9.81. The molecular formula is C49H34. The van der Waals surface area contributed by atoms with E-state index in [0.29, 0.717) is 0 Å². The van der Waals surface area contributed by atoms with Crippen molar-refractivity contribution >= 4 is 43.1 Å². The fourth-order valence-corrected chi connectivity index (χ4v) is 8.62. The average Bonchev–Trinajstić information content (AvgIpc) is 3.38. The van der Waals surface area contributed by atoms with Crippen LogP contribution in [0, 0.1) is 0 Å².